The van der Waals surface area contributed by atoms with Crippen LogP contribution in [-0.2, 0) is 17.8 Å². The zero-order valence-electron chi connectivity index (χ0n) is 14.6. The molecule has 0 radical (unpaired) electrons. The average molecular weight is 363 g/mol. The molecule has 0 bridgehead atoms. The number of nitrogens with zero attached hydrogens (tertiary/aromatic N) is 2. The molecular weight excluding hydrogens is 345 g/mol. The van der Waals surface area contributed by atoms with Gasteiger partial charge in [-0.25, -0.2) is 9.07 Å². The van der Waals surface area contributed by atoms with Gasteiger partial charge in [0.2, 0.25) is 5.91 Å². The first-order valence-electron chi connectivity index (χ1n) is 8.82. The lowest BCUT2D eigenvalue weighted by Gasteiger charge is -2.14. The van der Waals surface area contributed by atoms with Gasteiger partial charge in [-0.3, -0.25) is 9.59 Å². The predicted molar refractivity (Wildman–Crippen MR) is 99.5 cm³/mol. The third-order valence-electron chi connectivity index (χ3n) is 4.78. The van der Waals surface area contributed by atoms with Crippen molar-refractivity contribution in [2.75, 3.05) is 0 Å². The van der Waals surface area contributed by atoms with Crippen LogP contribution in [0.5, 0.6) is 0 Å². The molecule has 0 spiro atoms. The van der Waals surface area contributed by atoms with Crippen molar-refractivity contribution in [3.8, 4) is 11.3 Å². The van der Waals surface area contributed by atoms with Crippen LogP contribution < -0.4 is 10.9 Å². The third kappa shape index (κ3) is 3.51. The Morgan fingerprint density at radius 3 is 2.74 bits per heavy atom. The van der Waals surface area contributed by atoms with Gasteiger partial charge in [-0.2, -0.15) is 5.10 Å². The molecule has 0 fully saturated rings. The van der Waals surface area contributed by atoms with Gasteiger partial charge in [-0.05, 0) is 42.2 Å². The quantitative estimate of drug-likeness (QED) is 0.775. The van der Waals surface area contributed by atoms with Crippen LogP contribution in [0, 0.1) is 5.82 Å². The fourth-order valence-electron chi connectivity index (χ4n) is 3.46. The molecule has 1 unspecified atom stereocenters. The van der Waals surface area contributed by atoms with E-state index in [1.165, 1.54) is 23.8 Å². The van der Waals surface area contributed by atoms with Crippen molar-refractivity contribution in [3.63, 3.8) is 0 Å². The van der Waals surface area contributed by atoms with Crippen molar-refractivity contribution in [3.05, 3.63) is 88.0 Å². The van der Waals surface area contributed by atoms with Crippen molar-refractivity contribution in [2.45, 2.75) is 25.4 Å². The minimum absolute atomic E-state index is 0.0563. The average Bonchev–Trinajstić information content (AvgIpc) is 3.07. The molecule has 3 aromatic rings. The number of hydrogen-bond acceptors (Lipinski definition) is 3. The highest BCUT2D eigenvalue weighted by molar-refractivity contribution is 5.76. The number of aryl methyl sites for hydroxylation is 1. The number of halogens is 1. The molecule has 0 saturated heterocycles. The fourth-order valence-corrected chi connectivity index (χ4v) is 3.46. The smallest absolute Gasteiger partial charge is 0.267 e. The number of rotatable bonds is 4. The number of hydrogen-bond donors (Lipinski definition) is 1. The first kappa shape index (κ1) is 17.1. The highest BCUT2D eigenvalue weighted by Gasteiger charge is 2.23. The summed E-state index contributed by atoms with van der Waals surface area (Å²) in [4.78, 5) is 24.5. The van der Waals surface area contributed by atoms with Gasteiger partial charge in [0.15, 0.2) is 0 Å². The number of carbonyl (C=O) groups excluding carboxylic acids is 1. The maximum Gasteiger partial charge on any atom is 0.267 e. The molecule has 5 nitrogen and oxygen atoms in total. The van der Waals surface area contributed by atoms with Crippen LogP contribution in [0.25, 0.3) is 11.3 Å². The number of nitrogens with one attached hydrogen (secondary N) is 1. The summed E-state index contributed by atoms with van der Waals surface area (Å²) < 4.78 is 15.0. The molecule has 136 valence electrons. The zero-order valence-corrected chi connectivity index (χ0v) is 14.6. The lowest BCUT2D eigenvalue weighted by atomic mass is 10.1. The minimum Gasteiger partial charge on any atom is -0.348 e. The van der Waals surface area contributed by atoms with Gasteiger partial charge in [0.1, 0.15) is 12.4 Å². The van der Waals surface area contributed by atoms with Crippen LogP contribution in [0.2, 0.25) is 0 Å². The zero-order chi connectivity index (χ0) is 18.8. The monoisotopic (exact) mass is 363 g/mol. The van der Waals surface area contributed by atoms with E-state index in [0.717, 1.165) is 23.1 Å². The van der Waals surface area contributed by atoms with E-state index in [-0.39, 0.29) is 24.1 Å². The van der Waals surface area contributed by atoms with Gasteiger partial charge in [-0.15, -0.1) is 0 Å². The van der Waals surface area contributed by atoms with E-state index in [4.69, 9.17) is 0 Å². The molecule has 0 aliphatic heterocycles. The van der Waals surface area contributed by atoms with Gasteiger partial charge in [0.05, 0.1) is 11.7 Å². The summed E-state index contributed by atoms with van der Waals surface area (Å²) in [5, 5.41) is 7.13. The van der Waals surface area contributed by atoms with Gasteiger partial charge >= 0.3 is 0 Å². The highest BCUT2D eigenvalue weighted by atomic mass is 19.1. The lowest BCUT2D eigenvalue weighted by Crippen LogP contribution is -2.35. The molecule has 1 atom stereocenters. The Bertz CT molecular complexity index is 1060. The van der Waals surface area contributed by atoms with Gasteiger partial charge in [0, 0.05) is 11.6 Å². The Hall–Kier alpha value is -3.28. The summed E-state index contributed by atoms with van der Waals surface area (Å²) in [6, 6.07) is 16.9. The standard InChI is InChI=1S/C21H18FN3O2/c22-17-8-4-3-7-16(17)19-11-12-21(27)25(24-19)13-20(26)23-18-10-9-14-5-1-2-6-15(14)18/h1-8,11-12,18H,9-10,13H2,(H,23,26). The number of amides is 1. The maximum atomic E-state index is 14.0. The van der Waals surface area contributed by atoms with Crippen molar-refractivity contribution in [1.29, 1.82) is 0 Å². The van der Waals surface area contributed by atoms with E-state index >= 15 is 0 Å². The second-order valence-electron chi connectivity index (χ2n) is 6.55. The van der Waals surface area contributed by atoms with Crippen molar-refractivity contribution >= 4 is 5.91 Å². The van der Waals surface area contributed by atoms with Crippen LogP contribution in [0.15, 0.2) is 65.5 Å². The predicted octanol–water partition coefficient (Wildman–Crippen LogP) is 2.85. The summed E-state index contributed by atoms with van der Waals surface area (Å²) >= 11 is 0. The Morgan fingerprint density at radius 2 is 1.89 bits per heavy atom. The molecular formula is C21H18FN3O2. The topological polar surface area (TPSA) is 64.0 Å². The molecule has 1 aliphatic carbocycles. The lowest BCUT2D eigenvalue weighted by molar-refractivity contribution is -0.122. The van der Waals surface area contributed by atoms with E-state index < -0.39 is 11.4 Å². The van der Waals surface area contributed by atoms with Crippen LogP contribution in [-0.4, -0.2) is 15.7 Å². The number of benzene rings is 2. The minimum atomic E-state index is -0.429. The largest absolute Gasteiger partial charge is 0.348 e. The SMILES string of the molecule is O=C(Cn1nc(-c2ccccc2F)ccc1=O)NC1CCc2ccccc21. The number of fused-ring (bicyclic) bond motifs is 1. The van der Waals surface area contributed by atoms with Crippen LogP contribution >= 0.6 is 0 Å². The molecule has 1 amide bonds. The molecule has 1 N–H and O–H groups in total. The second kappa shape index (κ2) is 7.15. The fraction of sp³-hybridized carbons (Fsp3) is 0.190. The highest BCUT2D eigenvalue weighted by Crippen LogP contribution is 2.30. The summed E-state index contributed by atoms with van der Waals surface area (Å²) in [5.74, 6) is -0.723. The molecule has 2 aromatic carbocycles. The van der Waals surface area contributed by atoms with E-state index in [1.807, 2.05) is 18.2 Å². The van der Waals surface area contributed by atoms with Gasteiger partial charge in [-0.1, -0.05) is 36.4 Å². The first-order chi connectivity index (χ1) is 13.1. The Morgan fingerprint density at radius 1 is 1.11 bits per heavy atom. The van der Waals surface area contributed by atoms with Crippen LogP contribution in [0.3, 0.4) is 0 Å². The van der Waals surface area contributed by atoms with E-state index in [0.29, 0.717) is 5.69 Å². The Balaban J connectivity index is 1.53. The van der Waals surface area contributed by atoms with Crippen molar-refractivity contribution < 1.29 is 9.18 Å². The maximum absolute atomic E-state index is 14.0. The van der Waals surface area contributed by atoms with Crippen molar-refractivity contribution in [2.24, 2.45) is 0 Å². The summed E-state index contributed by atoms with van der Waals surface area (Å²) in [7, 11) is 0. The van der Waals surface area contributed by atoms with E-state index in [9.17, 15) is 14.0 Å². The second-order valence-corrected chi connectivity index (χ2v) is 6.55. The number of aromatic nitrogens is 2. The molecule has 1 heterocycles. The summed E-state index contributed by atoms with van der Waals surface area (Å²) in [6.07, 6.45) is 1.75. The van der Waals surface area contributed by atoms with Crippen LogP contribution in [0.1, 0.15) is 23.6 Å². The molecule has 4 rings (SSSR count). The molecule has 1 aliphatic rings. The van der Waals surface area contributed by atoms with Crippen molar-refractivity contribution in [1.82, 2.24) is 15.1 Å². The number of carbonyl (C=O) groups is 1. The van der Waals surface area contributed by atoms with Crippen LogP contribution in [0.4, 0.5) is 4.39 Å². The summed E-state index contributed by atoms with van der Waals surface area (Å²) in [5.41, 5.74) is 2.55. The molecule has 0 saturated carbocycles. The Kier molecular flexibility index (Phi) is 4.54. The first-order valence-corrected chi connectivity index (χ1v) is 8.82. The Labute approximate surface area is 155 Å². The normalized spacial score (nSPS) is 15.4. The molecule has 27 heavy (non-hydrogen) atoms. The summed E-state index contributed by atoms with van der Waals surface area (Å²) in [6.45, 7) is -0.209. The molecule has 1 aromatic heterocycles. The van der Waals surface area contributed by atoms with Gasteiger partial charge in [0.25, 0.3) is 5.56 Å². The van der Waals surface area contributed by atoms with E-state index in [1.54, 1.807) is 18.2 Å². The van der Waals surface area contributed by atoms with E-state index in [2.05, 4.69) is 16.5 Å². The van der Waals surface area contributed by atoms with Gasteiger partial charge < -0.3 is 5.32 Å². The molecule has 6 heteroatoms. The third-order valence-corrected chi connectivity index (χ3v) is 4.78.